The topological polar surface area (TPSA) is 108 Å². The number of ether oxygens (including phenoxy) is 2. The zero-order valence-corrected chi connectivity index (χ0v) is 10.3. The third kappa shape index (κ3) is 3.76. The minimum atomic E-state index is -1.34. The van der Waals surface area contributed by atoms with Crippen molar-refractivity contribution in [1.29, 1.82) is 0 Å². The lowest BCUT2D eigenvalue weighted by atomic mass is 9.99. The molecular weight excluding hydrogens is 242 g/mol. The van der Waals surface area contributed by atoms with Crippen LogP contribution in [0.3, 0.4) is 0 Å². The maximum atomic E-state index is 10.7. The highest BCUT2D eigenvalue weighted by Gasteiger charge is 2.43. The summed E-state index contributed by atoms with van der Waals surface area (Å²) in [5.41, 5.74) is 0. The number of allylic oxidation sites excluding steroid dienone is 1. The molecule has 0 amide bonds. The van der Waals surface area contributed by atoms with Crippen molar-refractivity contribution in [1.82, 2.24) is 5.32 Å². The molecule has 0 aromatic rings. The predicted octanol–water partition coefficient (Wildman–Crippen LogP) is -1.87. The number of ketones is 1. The SMILES string of the molecule is CO[C@H]1O[C@H](CN/C=C\C(C)=O)[C@@H](O)[C@H](O)[C@H]1O. The summed E-state index contributed by atoms with van der Waals surface area (Å²) in [4.78, 5) is 10.7. The van der Waals surface area contributed by atoms with Crippen molar-refractivity contribution in [2.45, 2.75) is 37.6 Å². The van der Waals surface area contributed by atoms with Crippen LogP contribution in [0, 0.1) is 0 Å². The van der Waals surface area contributed by atoms with Crippen LogP contribution in [-0.4, -0.2) is 65.5 Å². The molecule has 1 saturated heterocycles. The quantitative estimate of drug-likeness (QED) is 0.429. The summed E-state index contributed by atoms with van der Waals surface area (Å²) >= 11 is 0. The number of carbonyl (C=O) groups is 1. The summed E-state index contributed by atoms with van der Waals surface area (Å²) in [5, 5.41) is 31.6. The Kier molecular flexibility index (Phi) is 5.70. The minimum absolute atomic E-state index is 0.113. The van der Waals surface area contributed by atoms with Gasteiger partial charge in [0.05, 0.1) is 0 Å². The number of carbonyl (C=O) groups excluding carboxylic acids is 1. The van der Waals surface area contributed by atoms with E-state index in [2.05, 4.69) is 5.32 Å². The standard InChI is InChI=1S/C11H19NO6/c1-6(13)3-4-12-5-7-8(14)9(15)10(16)11(17-2)18-7/h3-4,7-12,14-16H,5H2,1-2H3/b4-3-/t7-,8-,9+,10-,11+/m1/s1. The summed E-state index contributed by atoms with van der Waals surface area (Å²) in [6, 6.07) is 0. The van der Waals surface area contributed by atoms with Gasteiger partial charge in [-0.25, -0.2) is 0 Å². The number of methoxy groups -OCH3 is 1. The first-order chi connectivity index (χ1) is 8.47. The summed E-state index contributed by atoms with van der Waals surface area (Å²) in [7, 11) is 1.33. The Bertz CT molecular complexity index is 306. The molecule has 0 aromatic carbocycles. The first kappa shape index (κ1) is 15.1. The average molecular weight is 261 g/mol. The normalized spacial score (nSPS) is 36.8. The summed E-state index contributed by atoms with van der Waals surface area (Å²) in [6.07, 6.45) is -2.85. The molecule has 1 aliphatic rings. The van der Waals surface area contributed by atoms with Gasteiger partial charge in [0.25, 0.3) is 0 Å². The molecule has 1 heterocycles. The fourth-order valence-electron chi connectivity index (χ4n) is 1.64. The molecule has 0 aliphatic carbocycles. The van der Waals surface area contributed by atoms with Crippen molar-refractivity contribution in [2.24, 2.45) is 0 Å². The van der Waals surface area contributed by atoms with Crippen LogP contribution in [0.1, 0.15) is 6.92 Å². The van der Waals surface area contributed by atoms with E-state index in [4.69, 9.17) is 9.47 Å². The van der Waals surface area contributed by atoms with Crippen molar-refractivity contribution in [3.05, 3.63) is 12.3 Å². The van der Waals surface area contributed by atoms with Gasteiger partial charge in [0.15, 0.2) is 12.1 Å². The molecule has 0 unspecified atom stereocenters. The fraction of sp³-hybridized carbons (Fsp3) is 0.727. The molecule has 7 nitrogen and oxygen atoms in total. The maximum absolute atomic E-state index is 10.7. The molecule has 1 aliphatic heterocycles. The average Bonchev–Trinajstić information content (AvgIpc) is 2.34. The van der Waals surface area contributed by atoms with Crippen LogP contribution in [0.5, 0.6) is 0 Å². The highest BCUT2D eigenvalue weighted by Crippen LogP contribution is 2.21. The van der Waals surface area contributed by atoms with Crippen molar-refractivity contribution in [3.8, 4) is 0 Å². The number of rotatable bonds is 5. The zero-order chi connectivity index (χ0) is 13.7. The lowest BCUT2D eigenvalue weighted by Crippen LogP contribution is -2.59. The minimum Gasteiger partial charge on any atom is -0.388 e. The molecule has 18 heavy (non-hydrogen) atoms. The number of aliphatic hydroxyl groups excluding tert-OH is 3. The molecule has 104 valence electrons. The Morgan fingerprint density at radius 2 is 2.00 bits per heavy atom. The Hall–Kier alpha value is -0.990. The Morgan fingerprint density at radius 3 is 2.56 bits per heavy atom. The second-order valence-corrected chi connectivity index (χ2v) is 4.10. The third-order valence-electron chi connectivity index (χ3n) is 2.66. The van der Waals surface area contributed by atoms with Gasteiger partial charge in [-0.3, -0.25) is 4.79 Å². The molecule has 0 aromatic heterocycles. The van der Waals surface area contributed by atoms with E-state index in [-0.39, 0.29) is 12.3 Å². The van der Waals surface area contributed by atoms with Crippen LogP contribution in [-0.2, 0) is 14.3 Å². The van der Waals surface area contributed by atoms with E-state index in [9.17, 15) is 20.1 Å². The van der Waals surface area contributed by atoms with Crippen LogP contribution < -0.4 is 5.32 Å². The first-order valence-corrected chi connectivity index (χ1v) is 5.60. The smallest absolute Gasteiger partial charge is 0.186 e. The van der Waals surface area contributed by atoms with Gasteiger partial charge in [0.1, 0.15) is 24.4 Å². The molecule has 0 spiro atoms. The second-order valence-electron chi connectivity index (χ2n) is 4.10. The van der Waals surface area contributed by atoms with Crippen molar-refractivity contribution < 1.29 is 29.6 Å². The number of aliphatic hydroxyl groups is 3. The van der Waals surface area contributed by atoms with Crippen molar-refractivity contribution in [2.75, 3.05) is 13.7 Å². The van der Waals surface area contributed by atoms with E-state index in [1.807, 2.05) is 0 Å². The highest BCUT2D eigenvalue weighted by atomic mass is 16.7. The summed E-state index contributed by atoms with van der Waals surface area (Å²) in [5.74, 6) is -0.113. The van der Waals surface area contributed by atoms with Gasteiger partial charge in [0.2, 0.25) is 0 Å². The number of hydrogen-bond acceptors (Lipinski definition) is 7. The lowest BCUT2D eigenvalue weighted by Gasteiger charge is -2.39. The molecule has 0 radical (unpaired) electrons. The van der Waals surface area contributed by atoms with Crippen LogP contribution in [0.15, 0.2) is 12.3 Å². The van der Waals surface area contributed by atoms with E-state index >= 15 is 0 Å². The van der Waals surface area contributed by atoms with Gasteiger partial charge in [-0.2, -0.15) is 0 Å². The Labute approximate surface area is 105 Å². The number of nitrogens with one attached hydrogen (secondary N) is 1. The summed E-state index contributed by atoms with van der Waals surface area (Å²) in [6.45, 7) is 1.58. The molecule has 1 rings (SSSR count). The van der Waals surface area contributed by atoms with Crippen LogP contribution in [0.2, 0.25) is 0 Å². The predicted molar refractivity (Wildman–Crippen MR) is 61.5 cm³/mol. The largest absolute Gasteiger partial charge is 0.388 e. The highest BCUT2D eigenvalue weighted by molar-refractivity contribution is 5.87. The van der Waals surface area contributed by atoms with Crippen LogP contribution in [0.4, 0.5) is 0 Å². The van der Waals surface area contributed by atoms with E-state index in [1.54, 1.807) is 0 Å². The Balaban J connectivity index is 2.51. The van der Waals surface area contributed by atoms with Crippen molar-refractivity contribution >= 4 is 5.78 Å². The monoisotopic (exact) mass is 261 g/mol. The van der Waals surface area contributed by atoms with Gasteiger partial charge in [-0.1, -0.05) is 0 Å². The van der Waals surface area contributed by atoms with Gasteiger partial charge in [0, 0.05) is 19.9 Å². The summed E-state index contributed by atoms with van der Waals surface area (Å²) < 4.78 is 10.1. The third-order valence-corrected chi connectivity index (χ3v) is 2.66. The molecule has 5 atom stereocenters. The fourth-order valence-corrected chi connectivity index (χ4v) is 1.64. The zero-order valence-electron chi connectivity index (χ0n) is 10.3. The maximum Gasteiger partial charge on any atom is 0.186 e. The second kappa shape index (κ2) is 6.81. The van der Waals surface area contributed by atoms with Gasteiger partial charge < -0.3 is 30.1 Å². The van der Waals surface area contributed by atoms with E-state index in [1.165, 1.54) is 26.3 Å². The molecule has 0 saturated carbocycles. The van der Waals surface area contributed by atoms with Crippen molar-refractivity contribution in [3.63, 3.8) is 0 Å². The van der Waals surface area contributed by atoms with E-state index < -0.39 is 30.7 Å². The van der Waals surface area contributed by atoms with E-state index in [0.29, 0.717) is 0 Å². The van der Waals surface area contributed by atoms with Gasteiger partial charge in [-0.15, -0.1) is 0 Å². The van der Waals surface area contributed by atoms with Gasteiger partial charge in [-0.05, 0) is 13.0 Å². The first-order valence-electron chi connectivity index (χ1n) is 5.60. The Morgan fingerprint density at radius 1 is 1.33 bits per heavy atom. The van der Waals surface area contributed by atoms with Gasteiger partial charge >= 0.3 is 0 Å². The molecule has 4 N–H and O–H groups in total. The van der Waals surface area contributed by atoms with E-state index in [0.717, 1.165) is 0 Å². The molecular formula is C11H19NO6. The molecule has 7 heteroatoms. The lowest BCUT2D eigenvalue weighted by molar-refractivity contribution is -0.288. The number of hydrogen-bond donors (Lipinski definition) is 4. The van der Waals surface area contributed by atoms with Crippen LogP contribution >= 0.6 is 0 Å². The molecule has 1 fully saturated rings. The molecule has 0 bridgehead atoms. The van der Waals surface area contributed by atoms with Crippen LogP contribution in [0.25, 0.3) is 0 Å².